The summed E-state index contributed by atoms with van der Waals surface area (Å²) in [4.78, 5) is 8.85. The van der Waals surface area contributed by atoms with E-state index in [2.05, 4.69) is 9.98 Å². The molecular formula is C20H24N2O2. The molecule has 0 heterocycles. The number of rotatable bonds is 5. The van der Waals surface area contributed by atoms with E-state index in [4.69, 9.17) is 9.47 Å². The van der Waals surface area contributed by atoms with Crippen LogP contribution in [-0.4, -0.2) is 25.3 Å². The standard InChI is InChI=1S/C20H24N2O2/c1-15-6-11-19(24-14-22-20(2,3)4)16(12-15)13-21-17-7-9-18(23-5)10-8-17/h6-14H,1-5H3. The van der Waals surface area contributed by atoms with Crippen LogP contribution in [0.25, 0.3) is 0 Å². The lowest BCUT2D eigenvalue weighted by Gasteiger charge is -2.11. The highest BCUT2D eigenvalue weighted by Crippen LogP contribution is 2.21. The molecule has 2 aromatic rings. The number of aliphatic imine (C=N–C) groups is 2. The lowest BCUT2D eigenvalue weighted by Crippen LogP contribution is -2.11. The Morgan fingerprint density at radius 3 is 2.33 bits per heavy atom. The molecular weight excluding hydrogens is 300 g/mol. The van der Waals surface area contributed by atoms with Crippen LogP contribution >= 0.6 is 0 Å². The smallest absolute Gasteiger partial charge is 0.177 e. The van der Waals surface area contributed by atoms with Crippen LogP contribution in [0.2, 0.25) is 0 Å². The quantitative estimate of drug-likeness (QED) is 0.576. The minimum absolute atomic E-state index is 0.165. The van der Waals surface area contributed by atoms with Crippen molar-refractivity contribution in [1.82, 2.24) is 0 Å². The van der Waals surface area contributed by atoms with Crippen molar-refractivity contribution < 1.29 is 9.47 Å². The summed E-state index contributed by atoms with van der Waals surface area (Å²) in [6.07, 6.45) is 3.30. The SMILES string of the molecule is COc1ccc(N=Cc2cc(C)ccc2OC=NC(C)(C)C)cc1. The summed E-state index contributed by atoms with van der Waals surface area (Å²) in [5.74, 6) is 1.54. The number of hydrogen-bond acceptors (Lipinski definition) is 4. The first-order valence-corrected chi connectivity index (χ1v) is 7.86. The Hall–Kier alpha value is -2.62. The Kier molecular flexibility index (Phi) is 5.74. The van der Waals surface area contributed by atoms with Crippen LogP contribution in [0.15, 0.2) is 52.4 Å². The topological polar surface area (TPSA) is 43.2 Å². The van der Waals surface area contributed by atoms with E-state index >= 15 is 0 Å². The summed E-state index contributed by atoms with van der Waals surface area (Å²) in [5.41, 5.74) is 2.74. The molecule has 2 rings (SSSR count). The maximum absolute atomic E-state index is 5.69. The summed E-state index contributed by atoms with van der Waals surface area (Å²) < 4.78 is 10.8. The molecule has 0 aromatic heterocycles. The van der Waals surface area contributed by atoms with Gasteiger partial charge in [-0.05, 0) is 64.1 Å². The molecule has 126 valence electrons. The third kappa shape index (κ3) is 5.54. The zero-order chi connectivity index (χ0) is 17.6. The molecule has 0 bridgehead atoms. The number of aryl methyl sites for hydroxylation is 1. The summed E-state index contributed by atoms with van der Waals surface area (Å²) in [5, 5.41) is 0. The van der Waals surface area contributed by atoms with Crippen LogP contribution < -0.4 is 9.47 Å². The molecule has 0 atom stereocenters. The van der Waals surface area contributed by atoms with Gasteiger partial charge in [0, 0.05) is 11.8 Å². The van der Waals surface area contributed by atoms with Gasteiger partial charge >= 0.3 is 0 Å². The summed E-state index contributed by atoms with van der Waals surface area (Å²) in [7, 11) is 1.65. The fourth-order valence-corrected chi connectivity index (χ4v) is 1.93. The Bertz CT molecular complexity index is 726. The van der Waals surface area contributed by atoms with Gasteiger partial charge in [0.15, 0.2) is 6.40 Å². The van der Waals surface area contributed by atoms with E-state index in [-0.39, 0.29) is 5.54 Å². The van der Waals surface area contributed by atoms with Crippen molar-refractivity contribution in [2.75, 3.05) is 7.11 Å². The Morgan fingerprint density at radius 1 is 1.00 bits per heavy atom. The monoisotopic (exact) mass is 324 g/mol. The highest BCUT2D eigenvalue weighted by Gasteiger charge is 2.06. The van der Waals surface area contributed by atoms with E-state index in [1.807, 2.05) is 70.2 Å². The minimum atomic E-state index is -0.165. The molecule has 4 nitrogen and oxygen atoms in total. The predicted octanol–water partition coefficient (Wildman–Crippen LogP) is 4.96. The van der Waals surface area contributed by atoms with E-state index in [0.29, 0.717) is 0 Å². The maximum atomic E-state index is 5.69. The molecule has 0 amide bonds. The second-order valence-corrected chi connectivity index (χ2v) is 6.52. The van der Waals surface area contributed by atoms with Crippen LogP contribution in [0.1, 0.15) is 31.9 Å². The predicted molar refractivity (Wildman–Crippen MR) is 100 cm³/mol. The highest BCUT2D eigenvalue weighted by atomic mass is 16.5. The van der Waals surface area contributed by atoms with Crippen LogP contribution in [-0.2, 0) is 0 Å². The molecule has 0 saturated carbocycles. The highest BCUT2D eigenvalue weighted by molar-refractivity contribution is 5.86. The van der Waals surface area contributed by atoms with E-state index in [1.54, 1.807) is 13.3 Å². The largest absolute Gasteiger partial charge is 0.497 e. The zero-order valence-electron chi connectivity index (χ0n) is 14.9. The molecule has 24 heavy (non-hydrogen) atoms. The fourth-order valence-electron chi connectivity index (χ4n) is 1.93. The number of nitrogens with zero attached hydrogens (tertiary/aromatic N) is 2. The molecule has 2 aromatic carbocycles. The average molecular weight is 324 g/mol. The van der Waals surface area contributed by atoms with Crippen molar-refractivity contribution in [1.29, 1.82) is 0 Å². The molecule has 0 unspecified atom stereocenters. The van der Waals surface area contributed by atoms with Gasteiger partial charge in [0.25, 0.3) is 0 Å². The Labute approximate surface area is 143 Å². The summed E-state index contributed by atoms with van der Waals surface area (Å²) >= 11 is 0. The van der Waals surface area contributed by atoms with Gasteiger partial charge in [0.1, 0.15) is 11.5 Å². The molecule has 4 heteroatoms. The second-order valence-electron chi connectivity index (χ2n) is 6.52. The summed E-state index contributed by atoms with van der Waals surface area (Å²) in [6.45, 7) is 8.11. The van der Waals surface area contributed by atoms with Gasteiger partial charge in [0.2, 0.25) is 0 Å². The van der Waals surface area contributed by atoms with Crippen molar-refractivity contribution in [2.24, 2.45) is 9.98 Å². The first-order chi connectivity index (χ1) is 11.4. The Morgan fingerprint density at radius 2 is 1.71 bits per heavy atom. The molecule has 0 fully saturated rings. The van der Waals surface area contributed by atoms with Gasteiger partial charge in [-0.3, -0.25) is 9.98 Å². The van der Waals surface area contributed by atoms with Gasteiger partial charge in [-0.25, -0.2) is 0 Å². The van der Waals surface area contributed by atoms with Gasteiger partial charge in [-0.15, -0.1) is 0 Å². The molecule has 0 saturated heterocycles. The van der Waals surface area contributed by atoms with E-state index < -0.39 is 0 Å². The second kappa shape index (κ2) is 7.77. The summed E-state index contributed by atoms with van der Waals surface area (Å²) in [6, 6.07) is 13.6. The van der Waals surface area contributed by atoms with Crippen LogP contribution in [0.3, 0.4) is 0 Å². The van der Waals surface area contributed by atoms with Crippen molar-refractivity contribution >= 4 is 18.3 Å². The lowest BCUT2D eigenvalue weighted by atomic mass is 10.1. The number of methoxy groups -OCH3 is 1. The van der Waals surface area contributed by atoms with Gasteiger partial charge < -0.3 is 9.47 Å². The minimum Gasteiger partial charge on any atom is -0.497 e. The van der Waals surface area contributed by atoms with Crippen LogP contribution in [0.5, 0.6) is 11.5 Å². The normalized spacial score (nSPS) is 12.0. The zero-order valence-corrected chi connectivity index (χ0v) is 14.9. The first kappa shape index (κ1) is 17.7. The molecule has 0 spiro atoms. The molecule has 0 aliphatic heterocycles. The van der Waals surface area contributed by atoms with Crippen molar-refractivity contribution in [3.05, 3.63) is 53.6 Å². The third-order valence-corrected chi connectivity index (χ3v) is 3.21. The third-order valence-electron chi connectivity index (χ3n) is 3.21. The van der Waals surface area contributed by atoms with Crippen molar-refractivity contribution in [3.8, 4) is 11.5 Å². The molecule has 0 aliphatic carbocycles. The van der Waals surface area contributed by atoms with Gasteiger partial charge in [-0.2, -0.15) is 0 Å². The average Bonchev–Trinajstić information content (AvgIpc) is 2.54. The number of ether oxygens (including phenoxy) is 2. The molecule has 0 radical (unpaired) electrons. The molecule has 0 N–H and O–H groups in total. The Balaban J connectivity index is 2.20. The maximum Gasteiger partial charge on any atom is 0.177 e. The van der Waals surface area contributed by atoms with Crippen LogP contribution in [0.4, 0.5) is 5.69 Å². The number of benzene rings is 2. The van der Waals surface area contributed by atoms with Gasteiger partial charge in [0.05, 0.1) is 18.3 Å². The van der Waals surface area contributed by atoms with Crippen LogP contribution in [0, 0.1) is 6.92 Å². The van der Waals surface area contributed by atoms with Crippen molar-refractivity contribution in [2.45, 2.75) is 33.2 Å². The lowest BCUT2D eigenvalue weighted by molar-refractivity contribution is 0.415. The van der Waals surface area contributed by atoms with E-state index in [1.165, 1.54) is 6.40 Å². The first-order valence-electron chi connectivity index (χ1n) is 7.86. The number of hydrogen-bond donors (Lipinski definition) is 0. The molecule has 0 aliphatic rings. The van der Waals surface area contributed by atoms with E-state index in [9.17, 15) is 0 Å². The fraction of sp³-hybridized carbons (Fsp3) is 0.300. The van der Waals surface area contributed by atoms with Gasteiger partial charge in [-0.1, -0.05) is 11.6 Å². The van der Waals surface area contributed by atoms with E-state index in [0.717, 1.165) is 28.3 Å². The van der Waals surface area contributed by atoms with Crippen molar-refractivity contribution in [3.63, 3.8) is 0 Å².